The number of benzene rings is 1. The third-order valence-corrected chi connectivity index (χ3v) is 5.16. The summed E-state index contributed by atoms with van der Waals surface area (Å²) in [5.74, 6) is 1.97. The molecule has 1 amide bonds. The van der Waals surface area contributed by atoms with Gasteiger partial charge in [0.2, 0.25) is 0 Å². The third-order valence-electron chi connectivity index (χ3n) is 5.16. The Hall–Kier alpha value is -2.43. The van der Waals surface area contributed by atoms with E-state index in [0.717, 1.165) is 55.7 Å². The molecule has 0 bridgehead atoms. The van der Waals surface area contributed by atoms with E-state index in [4.69, 9.17) is 13.9 Å². The number of carbonyl (C=O) groups excluding carboxylic acids is 1. The molecular formula is C21H27NO4. The largest absolute Gasteiger partial charge is 0.493 e. The number of hydrogen-bond acceptors (Lipinski definition) is 4. The molecule has 0 aliphatic carbocycles. The van der Waals surface area contributed by atoms with Crippen molar-refractivity contribution in [2.45, 2.75) is 45.1 Å². The maximum Gasteiger partial charge on any atom is 0.290 e. The van der Waals surface area contributed by atoms with E-state index in [1.165, 1.54) is 5.56 Å². The molecule has 0 radical (unpaired) electrons. The van der Waals surface area contributed by atoms with E-state index in [0.29, 0.717) is 5.76 Å². The SMILES string of the molecule is COc1ccc(CCC2CCCCN2C(=O)c2occc2C)cc1OC. The molecular weight excluding hydrogens is 330 g/mol. The first-order chi connectivity index (χ1) is 12.6. The molecule has 5 heteroatoms. The molecule has 5 nitrogen and oxygen atoms in total. The summed E-state index contributed by atoms with van der Waals surface area (Å²) in [4.78, 5) is 14.9. The van der Waals surface area contributed by atoms with E-state index in [2.05, 4.69) is 6.07 Å². The Balaban J connectivity index is 1.69. The van der Waals surface area contributed by atoms with E-state index < -0.39 is 0 Å². The molecule has 2 aromatic rings. The van der Waals surface area contributed by atoms with Gasteiger partial charge >= 0.3 is 0 Å². The summed E-state index contributed by atoms with van der Waals surface area (Å²) >= 11 is 0. The summed E-state index contributed by atoms with van der Waals surface area (Å²) < 4.78 is 16.1. The van der Waals surface area contributed by atoms with Crippen LogP contribution in [0.1, 0.15) is 47.4 Å². The molecule has 1 aliphatic heterocycles. The van der Waals surface area contributed by atoms with Gasteiger partial charge in [-0.15, -0.1) is 0 Å². The summed E-state index contributed by atoms with van der Waals surface area (Å²) in [5.41, 5.74) is 2.09. The Morgan fingerprint density at radius 1 is 1.19 bits per heavy atom. The topological polar surface area (TPSA) is 51.9 Å². The Morgan fingerprint density at radius 2 is 2.00 bits per heavy atom. The minimum Gasteiger partial charge on any atom is -0.493 e. The minimum absolute atomic E-state index is 0.0181. The normalized spacial score (nSPS) is 17.2. The van der Waals surface area contributed by atoms with Crippen LogP contribution in [0.25, 0.3) is 0 Å². The molecule has 0 N–H and O–H groups in total. The van der Waals surface area contributed by atoms with Crippen molar-refractivity contribution >= 4 is 5.91 Å². The van der Waals surface area contributed by atoms with Crippen molar-refractivity contribution in [3.05, 3.63) is 47.4 Å². The highest BCUT2D eigenvalue weighted by molar-refractivity contribution is 5.93. The lowest BCUT2D eigenvalue weighted by atomic mass is 9.95. The summed E-state index contributed by atoms with van der Waals surface area (Å²) in [7, 11) is 3.29. The van der Waals surface area contributed by atoms with Crippen LogP contribution in [-0.2, 0) is 6.42 Å². The highest BCUT2D eigenvalue weighted by Gasteiger charge is 2.29. The first kappa shape index (κ1) is 18.4. The number of rotatable bonds is 6. The van der Waals surface area contributed by atoms with Crippen LogP contribution >= 0.6 is 0 Å². The van der Waals surface area contributed by atoms with Crippen molar-refractivity contribution in [3.63, 3.8) is 0 Å². The highest BCUT2D eigenvalue weighted by atomic mass is 16.5. The number of likely N-dealkylation sites (tertiary alicyclic amines) is 1. The molecule has 1 aromatic heterocycles. The van der Waals surface area contributed by atoms with Crippen LogP contribution in [0.2, 0.25) is 0 Å². The Labute approximate surface area is 154 Å². The standard InChI is InChI=1S/C21H27NO4/c1-15-11-13-26-20(15)21(23)22-12-5-4-6-17(22)9-7-16-8-10-18(24-2)19(14-16)25-3/h8,10-11,13-14,17H,4-7,9,12H2,1-3H3. The van der Waals surface area contributed by atoms with Crippen molar-refractivity contribution in [1.29, 1.82) is 0 Å². The lowest BCUT2D eigenvalue weighted by Gasteiger charge is -2.35. The first-order valence-electron chi connectivity index (χ1n) is 9.20. The Kier molecular flexibility index (Phi) is 5.86. The van der Waals surface area contributed by atoms with Crippen LogP contribution in [0.15, 0.2) is 34.9 Å². The van der Waals surface area contributed by atoms with Gasteiger partial charge in [-0.3, -0.25) is 4.79 Å². The number of ether oxygens (including phenoxy) is 2. The molecule has 1 saturated heterocycles. The molecule has 140 valence electrons. The third kappa shape index (κ3) is 3.87. The molecule has 1 aromatic carbocycles. The fourth-order valence-corrected chi connectivity index (χ4v) is 3.66. The van der Waals surface area contributed by atoms with E-state index >= 15 is 0 Å². The van der Waals surface area contributed by atoms with E-state index in [-0.39, 0.29) is 11.9 Å². The van der Waals surface area contributed by atoms with Gasteiger partial charge in [0.25, 0.3) is 5.91 Å². The molecule has 3 rings (SSSR count). The molecule has 1 fully saturated rings. The van der Waals surface area contributed by atoms with Gasteiger partial charge in [0.05, 0.1) is 20.5 Å². The predicted molar refractivity (Wildman–Crippen MR) is 100.0 cm³/mol. The van der Waals surface area contributed by atoms with Crippen molar-refractivity contribution in [1.82, 2.24) is 4.90 Å². The Morgan fingerprint density at radius 3 is 2.69 bits per heavy atom. The number of carbonyl (C=O) groups is 1. The average molecular weight is 357 g/mol. The van der Waals surface area contributed by atoms with Crippen molar-refractivity contribution < 1.29 is 18.7 Å². The van der Waals surface area contributed by atoms with Crippen molar-refractivity contribution in [2.75, 3.05) is 20.8 Å². The van der Waals surface area contributed by atoms with Gasteiger partial charge in [-0.05, 0) is 62.8 Å². The maximum absolute atomic E-state index is 12.9. The van der Waals surface area contributed by atoms with Gasteiger partial charge in [0.15, 0.2) is 17.3 Å². The summed E-state index contributed by atoms with van der Waals surface area (Å²) in [6, 6.07) is 8.10. The number of furan rings is 1. The number of piperidine rings is 1. The molecule has 2 heterocycles. The zero-order valence-electron chi connectivity index (χ0n) is 15.8. The number of aryl methyl sites for hydroxylation is 2. The molecule has 26 heavy (non-hydrogen) atoms. The fourth-order valence-electron chi connectivity index (χ4n) is 3.66. The summed E-state index contributed by atoms with van der Waals surface area (Å²) in [6.45, 7) is 2.72. The van der Waals surface area contributed by atoms with Crippen molar-refractivity contribution in [2.24, 2.45) is 0 Å². The van der Waals surface area contributed by atoms with E-state index in [1.807, 2.05) is 30.0 Å². The monoisotopic (exact) mass is 357 g/mol. The molecule has 0 saturated carbocycles. The second-order valence-corrected chi connectivity index (χ2v) is 6.81. The number of nitrogens with zero attached hydrogens (tertiary/aromatic N) is 1. The van der Waals surface area contributed by atoms with E-state index in [9.17, 15) is 4.79 Å². The Bertz CT molecular complexity index is 752. The summed E-state index contributed by atoms with van der Waals surface area (Å²) in [5, 5.41) is 0. The number of hydrogen-bond donors (Lipinski definition) is 0. The molecule has 0 spiro atoms. The molecule has 1 aliphatic rings. The van der Waals surface area contributed by atoms with Gasteiger partial charge in [-0.25, -0.2) is 0 Å². The average Bonchev–Trinajstić information content (AvgIpc) is 3.11. The van der Waals surface area contributed by atoms with Crippen LogP contribution in [0.5, 0.6) is 11.5 Å². The van der Waals surface area contributed by atoms with Crippen LogP contribution in [0.3, 0.4) is 0 Å². The second kappa shape index (κ2) is 8.30. The molecule has 1 unspecified atom stereocenters. The lowest BCUT2D eigenvalue weighted by molar-refractivity contribution is 0.0568. The zero-order valence-corrected chi connectivity index (χ0v) is 15.8. The van der Waals surface area contributed by atoms with Crippen LogP contribution < -0.4 is 9.47 Å². The van der Waals surface area contributed by atoms with Gasteiger partial charge in [-0.1, -0.05) is 6.07 Å². The quantitative estimate of drug-likeness (QED) is 0.776. The van der Waals surface area contributed by atoms with Gasteiger partial charge in [0.1, 0.15) is 0 Å². The summed E-state index contributed by atoms with van der Waals surface area (Å²) in [6.07, 6.45) is 6.67. The first-order valence-corrected chi connectivity index (χ1v) is 9.20. The van der Waals surface area contributed by atoms with Gasteiger partial charge in [-0.2, -0.15) is 0 Å². The zero-order chi connectivity index (χ0) is 18.5. The van der Waals surface area contributed by atoms with Crippen LogP contribution in [0.4, 0.5) is 0 Å². The number of amides is 1. The van der Waals surface area contributed by atoms with Crippen LogP contribution in [0, 0.1) is 6.92 Å². The highest BCUT2D eigenvalue weighted by Crippen LogP contribution is 2.29. The smallest absolute Gasteiger partial charge is 0.290 e. The minimum atomic E-state index is 0.0181. The van der Waals surface area contributed by atoms with E-state index in [1.54, 1.807) is 20.5 Å². The van der Waals surface area contributed by atoms with Crippen LogP contribution in [-0.4, -0.2) is 37.6 Å². The second-order valence-electron chi connectivity index (χ2n) is 6.81. The fraction of sp³-hybridized carbons (Fsp3) is 0.476. The lowest BCUT2D eigenvalue weighted by Crippen LogP contribution is -2.44. The predicted octanol–water partition coefficient (Wildman–Crippen LogP) is 4.23. The molecule has 1 atom stereocenters. The maximum atomic E-state index is 12.9. The van der Waals surface area contributed by atoms with Gasteiger partial charge in [0, 0.05) is 18.2 Å². The van der Waals surface area contributed by atoms with Gasteiger partial charge < -0.3 is 18.8 Å². The number of methoxy groups -OCH3 is 2. The van der Waals surface area contributed by atoms with Crippen molar-refractivity contribution in [3.8, 4) is 11.5 Å².